The normalized spacial score (nSPS) is 13.0. The third-order valence-electron chi connectivity index (χ3n) is 3.21. The molecule has 0 fully saturated rings. The van der Waals surface area contributed by atoms with Gasteiger partial charge in [0.2, 0.25) is 0 Å². The molecule has 1 unspecified atom stereocenters. The summed E-state index contributed by atoms with van der Waals surface area (Å²) in [5.41, 5.74) is 1.82. The third kappa shape index (κ3) is 3.67. The number of aromatic nitrogens is 2. The lowest BCUT2D eigenvalue weighted by molar-refractivity contribution is 0.518. The van der Waals surface area contributed by atoms with Crippen molar-refractivity contribution in [3.63, 3.8) is 0 Å². The molecular formula is C14H25N3O. The van der Waals surface area contributed by atoms with Crippen LogP contribution in [-0.4, -0.2) is 15.8 Å². The van der Waals surface area contributed by atoms with Crippen molar-refractivity contribution in [1.29, 1.82) is 0 Å². The van der Waals surface area contributed by atoms with Crippen LogP contribution in [0.25, 0.3) is 0 Å². The molecule has 4 nitrogen and oxygen atoms in total. The van der Waals surface area contributed by atoms with Crippen LogP contribution >= 0.6 is 0 Å². The second kappa shape index (κ2) is 6.69. The standard InChI is InChI=1S/C14H25N3O/c1-6-11(5)15-9-12-8-13(10(3)4)16-17(7-2)14(12)18/h8,10-11,15H,6-7,9H2,1-5H3. The summed E-state index contributed by atoms with van der Waals surface area (Å²) >= 11 is 0. The molecule has 1 atom stereocenters. The van der Waals surface area contributed by atoms with Crippen molar-refractivity contribution < 1.29 is 0 Å². The minimum absolute atomic E-state index is 0.0257. The second-order valence-electron chi connectivity index (χ2n) is 5.06. The average molecular weight is 251 g/mol. The highest BCUT2D eigenvalue weighted by atomic mass is 16.1. The maximum atomic E-state index is 12.1. The fourth-order valence-corrected chi connectivity index (χ4v) is 1.67. The van der Waals surface area contributed by atoms with Crippen LogP contribution in [0.15, 0.2) is 10.9 Å². The Morgan fingerprint density at radius 3 is 2.50 bits per heavy atom. The van der Waals surface area contributed by atoms with Crippen LogP contribution in [0.4, 0.5) is 0 Å². The van der Waals surface area contributed by atoms with E-state index in [4.69, 9.17) is 0 Å². The van der Waals surface area contributed by atoms with Gasteiger partial charge in [-0.05, 0) is 32.3 Å². The Labute approximate surface area is 109 Å². The lowest BCUT2D eigenvalue weighted by Gasteiger charge is -2.14. The molecule has 4 heteroatoms. The molecule has 1 N–H and O–H groups in total. The summed E-state index contributed by atoms with van der Waals surface area (Å²) in [6, 6.07) is 2.37. The Balaban J connectivity index is 3.02. The van der Waals surface area contributed by atoms with Gasteiger partial charge in [-0.3, -0.25) is 4.79 Å². The molecule has 1 rings (SSSR count). The van der Waals surface area contributed by atoms with Gasteiger partial charge in [-0.15, -0.1) is 0 Å². The minimum atomic E-state index is 0.0257. The highest BCUT2D eigenvalue weighted by molar-refractivity contribution is 5.16. The van der Waals surface area contributed by atoms with Crippen LogP contribution in [0, 0.1) is 0 Å². The molecule has 0 bridgehead atoms. The molecule has 102 valence electrons. The van der Waals surface area contributed by atoms with Gasteiger partial charge in [-0.2, -0.15) is 5.10 Å². The second-order valence-corrected chi connectivity index (χ2v) is 5.06. The van der Waals surface area contributed by atoms with Crippen LogP contribution in [0.5, 0.6) is 0 Å². The Bertz CT molecular complexity index is 437. The van der Waals surface area contributed by atoms with Gasteiger partial charge in [-0.25, -0.2) is 4.68 Å². The summed E-state index contributed by atoms with van der Waals surface area (Å²) in [6.07, 6.45) is 1.06. The molecule has 0 aliphatic heterocycles. The van der Waals surface area contributed by atoms with Gasteiger partial charge in [0.1, 0.15) is 0 Å². The van der Waals surface area contributed by atoms with Gasteiger partial charge in [0, 0.05) is 24.7 Å². The first-order valence-electron chi connectivity index (χ1n) is 6.83. The van der Waals surface area contributed by atoms with E-state index in [2.05, 4.69) is 38.1 Å². The molecule has 1 aromatic rings. The highest BCUT2D eigenvalue weighted by Gasteiger charge is 2.10. The van der Waals surface area contributed by atoms with Crippen LogP contribution in [0.1, 0.15) is 58.2 Å². The van der Waals surface area contributed by atoms with Crippen molar-refractivity contribution >= 4 is 0 Å². The molecule has 0 aliphatic rings. The maximum absolute atomic E-state index is 12.1. The number of aryl methyl sites for hydroxylation is 1. The largest absolute Gasteiger partial charge is 0.310 e. The first-order valence-corrected chi connectivity index (χ1v) is 6.83. The molecule has 0 aliphatic carbocycles. The van der Waals surface area contributed by atoms with Gasteiger partial charge in [0.05, 0.1) is 5.69 Å². The molecule has 0 spiro atoms. The monoisotopic (exact) mass is 251 g/mol. The molecule has 1 heterocycles. The average Bonchev–Trinajstić information content (AvgIpc) is 2.36. The molecule has 0 amide bonds. The number of nitrogens with one attached hydrogen (secondary N) is 1. The number of nitrogens with zero attached hydrogens (tertiary/aromatic N) is 2. The van der Waals surface area contributed by atoms with E-state index < -0.39 is 0 Å². The van der Waals surface area contributed by atoms with Gasteiger partial charge in [0.25, 0.3) is 5.56 Å². The summed E-state index contributed by atoms with van der Waals surface area (Å²) in [7, 11) is 0. The van der Waals surface area contributed by atoms with Crippen molar-refractivity contribution in [2.24, 2.45) is 0 Å². The Hall–Kier alpha value is -1.16. The fourth-order valence-electron chi connectivity index (χ4n) is 1.67. The van der Waals surface area contributed by atoms with Crippen molar-refractivity contribution in [2.45, 2.75) is 66.1 Å². The number of rotatable bonds is 6. The van der Waals surface area contributed by atoms with Crippen molar-refractivity contribution in [2.75, 3.05) is 0 Å². The predicted molar refractivity (Wildman–Crippen MR) is 74.9 cm³/mol. The Morgan fingerprint density at radius 1 is 1.33 bits per heavy atom. The maximum Gasteiger partial charge on any atom is 0.271 e. The summed E-state index contributed by atoms with van der Waals surface area (Å²) < 4.78 is 1.56. The molecule has 0 saturated carbocycles. The van der Waals surface area contributed by atoms with E-state index in [1.807, 2.05) is 13.0 Å². The molecule has 1 aromatic heterocycles. The van der Waals surface area contributed by atoms with E-state index in [9.17, 15) is 4.79 Å². The van der Waals surface area contributed by atoms with Crippen molar-refractivity contribution in [3.05, 3.63) is 27.7 Å². The first-order chi connectivity index (χ1) is 8.49. The Morgan fingerprint density at radius 2 is 2.00 bits per heavy atom. The zero-order valence-electron chi connectivity index (χ0n) is 12.2. The topological polar surface area (TPSA) is 46.9 Å². The van der Waals surface area contributed by atoms with Crippen LogP contribution in [-0.2, 0) is 13.1 Å². The summed E-state index contributed by atoms with van der Waals surface area (Å²) in [5, 5.41) is 7.74. The Kier molecular flexibility index (Phi) is 5.54. The van der Waals surface area contributed by atoms with Gasteiger partial charge in [0.15, 0.2) is 0 Å². The summed E-state index contributed by atoms with van der Waals surface area (Å²) in [4.78, 5) is 12.1. The van der Waals surface area contributed by atoms with E-state index >= 15 is 0 Å². The van der Waals surface area contributed by atoms with E-state index in [1.165, 1.54) is 0 Å². The smallest absolute Gasteiger partial charge is 0.271 e. The highest BCUT2D eigenvalue weighted by Crippen LogP contribution is 2.10. The molecular weight excluding hydrogens is 226 g/mol. The first kappa shape index (κ1) is 14.9. The lowest BCUT2D eigenvalue weighted by atomic mass is 10.1. The van der Waals surface area contributed by atoms with Gasteiger partial charge >= 0.3 is 0 Å². The van der Waals surface area contributed by atoms with Crippen LogP contribution < -0.4 is 10.9 Å². The third-order valence-corrected chi connectivity index (χ3v) is 3.21. The van der Waals surface area contributed by atoms with Crippen molar-refractivity contribution in [1.82, 2.24) is 15.1 Å². The lowest BCUT2D eigenvalue weighted by Crippen LogP contribution is -2.32. The molecule has 18 heavy (non-hydrogen) atoms. The number of hydrogen-bond acceptors (Lipinski definition) is 3. The van der Waals surface area contributed by atoms with Crippen molar-refractivity contribution in [3.8, 4) is 0 Å². The minimum Gasteiger partial charge on any atom is -0.310 e. The van der Waals surface area contributed by atoms with Crippen LogP contribution in [0.3, 0.4) is 0 Å². The van der Waals surface area contributed by atoms with Gasteiger partial charge < -0.3 is 5.32 Å². The summed E-state index contributed by atoms with van der Waals surface area (Å²) in [5.74, 6) is 0.339. The van der Waals surface area contributed by atoms with E-state index in [-0.39, 0.29) is 5.56 Å². The zero-order valence-corrected chi connectivity index (χ0v) is 12.2. The zero-order chi connectivity index (χ0) is 13.7. The number of hydrogen-bond donors (Lipinski definition) is 1. The van der Waals surface area contributed by atoms with Crippen LogP contribution in [0.2, 0.25) is 0 Å². The quantitative estimate of drug-likeness (QED) is 0.843. The fraction of sp³-hybridized carbons (Fsp3) is 0.714. The summed E-state index contributed by atoms with van der Waals surface area (Å²) in [6.45, 7) is 11.6. The van der Waals surface area contributed by atoms with Gasteiger partial charge in [-0.1, -0.05) is 20.8 Å². The van der Waals surface area contributed by atoms with E-state index in [1.54, 1.807) is 4.68 Å². The van der Waals surface area contributed by atoms with E-state index in [0.717, 1.165) is 17.7 Å². The predicted octanol–water partition coefficient (Wildman–Crippen LogP) is 2.27. The molecule has 0 saturated heterocycles. The van der Waals surface area contributed by atoms with E-state index in [0.29, 0.717) is 25.0 Å². The molecule has 0 radical (unpaired) electrons. The SMILES string of the molecule is CCC(C)NCc1cc(C(C)C)nn(CC)c1=O. The molecule has 0 aromatic carbocycles.